The third-order valence-corrected chi connectivity index (χ3v) is 5.39. The van der Waals surface area contributed by atoms with Gasteiger partial charge in [-0.25, -0.2) is 0 Å². The molecule has 106 valence electrons. The predicted molar refractivity (Wildman–Crippen MR) is 85.6 cm³/mol. The number of rotatable bonds is 2. The fourth-order valence-electron chi connectivity index (χ4n) is 2.85. The molecule has 0 spiro atoms. The van der Waals surface area contributed by atoms with Gasteiger partial charge in [0, 0.05) is 15.3 Å². The van der Waals surface area contributed by atoms with Gasteiger partial charge in [0.15, 0.2) is 5.76 Å². The Morgan fingerprint density at radius 3 is 2.86 bits per heavy atom. The molecule has 0 radical (unpaired) electrons. The summed E-state index contributed by atoms with van der Waals surface area (Å²) in [6, 6.07) is 9.21. The first-order valence-corrected chi connectivity index (χ1v) is 8.25. The van der Waals surface area contributed by atoms with Crippen LogP contribution in [-0.4, -0.2) is 5.78 Å². The minimum absolute atomic E-state index is 0.0262. The van der Waals surface area contributed by atoms with E-state index in [1.807, 2.05) is 12.1 Å². The highest BCUT2D eigenvalue weighted by Crippen LogP contribution is 2.32. The SMILES string of the molecule is O=C(c1cc2cc(Cl)ccc2o1)c1cc2c(s1)CCCC2. The molecule has 0 saturated carbocycles. The molecular formula is C17H13ClO2S. The van der Waals surface area contributed by atoms with Crippen molar-refractivity contribution < 1.29 is 9.21 Å². The second-order valence-corrected chi connectivity index (χ2v) is 6.96. The summed E-state index contributed by atoms with van der Waals surface area (Å²) in [4.78, 5) is 14.8. The Labute approximate surface area is 131 Å². The van der Waals surface area contributed by atoms with Crippen LogP contribution >= 0.6 is 22.9 Å². The molecule has 0 aliphatic heterocycles. The van der Waals surface area contributed by atoms with Gasteiger partial charge in [-0.15, -0.1) is 11.3 Å². The molecule has 0 saturated heterocycles. The monoisotopic (exact) mass is 316 g/mol. The summed E-state index contributed by atoms with van der Waals surface area (Å²) in [6.07, 6.45) is 4.64. The van der Waals surface area contributed by atoms with Gasteiger partial charge in [0.05, 0.1) is 4.88 Å². The number of fused-ring (bicyclic) bond motifs is 2. The van der Waals surface area contributed by atoms with E-state index in [4.69, 9.17) is 16.0 Å². The van der Waals surface area contributed by atoms with Gasteiger partial charge in [0.2, 0.25) is 5.78 Å². The Bertz CT molecular complexity index is 820. The van der Waals surface area contributed by atoms with Crippen LogP contribution in [0.3, 0.4) is 0 Å². The van der Waals surface area contributed by atoms with Crippen molar-refractivity contribution in [3.63, 3.8) is 0 Å². The number of thiophene rings is 1. The number of carbonyl (C=O) groups is 1. The number of furan rings is 1. The summed E-state index contributed by atoms with van der Waals surface area (Å²) in [7, 11) is 0. The van der Waals surface area contributed by atoms with Crippen molar-refractivity contribution in [3.8, 4) is 0 Å². The van der Waals surface area contributed by atoms with Gasteiger partial charge < -0.3 is 4.42 Å². The maximum absolute atomic E-state index is 12.6. The lowest BCUT2D eigenvalue weighted by molar-refractivity contribution is 0.101. The third-order valence-electron chi connectivity index (χ3n) is 3.92. The lowest BCUT2D eigenvalue weighted by atomic mass is 9.99. The molecule has 2 aromatic heterocycles. The van der Waals surface area contributed by atoms with Crippen molar-refractivity contribution in [3.05, 3.63) is 56.4 Å². The molecule has 0 unspecified atom stereocenters. The molecule has 3 aromatic rings. The van der Waals surface area contributed by atoms with Crippen LogP contribution in [0.1, 0.15) is 38.7 Å². The minimum Gasteiger partial charge on any atom is -0.453 e. The maximum Gasteiger partial charge on any atom is 0.238 e. The zero-order valence-corrected chi connectivity index (χ0v) is 12.9. The van der Waals surface area contributed by atoms with Gasteiger partial charge in [-0.3, -0.25) is 4.79 Å². The second-order valence-electron chi connectivity index (χ2n) is 5.39. The molecule has 1 aliphatic carbocycles. The van der Waals surface area contributed by atoms with E-state index in [9.17, 15) is 4.79 Å². The molecule has 4 rings (SSSR count). The van der Waals surface area contributed by atoms with Crippen molar-refractivity contribution in [2.45, 2.75) is 25.7 Å². The summed E-state index contributed by atoms with van der Waals surface area (Å²) in [5, 5.41) is 1.51. The molecule has 4 heteroatoms. The first kappa shape index (κ1) is 13.1. The Morgan fingerprint density at radius 2 is 2.00 bits per heavy atom. The molecule has 1 aromatic carbocycles. The highest BCUT2D eigenvalue weighted by molar-refractivity contribution is 7.14. The highest BCUT2D eigenvalue weighted by atomic mass is 35.5. The van der Waals surface area contributed by atoms with Gasteiger partial charge in [-0.2, -0.15) is 0 Å². The van der Waals surface area contributed by atoms with Gasteiger partial charge in [0.1, 0.15) is 5.58 Å². The Hall–Kier alpha value is -1.58. The molecule has 2 nitrogen and oxygen atoms in total. The van der Waals surface area contributed by atoms with Crippen molar-refractivity contribution >= 4 is 39.7 Å². The molecule has 1 aliphatic rings. The smallest absolute Gasteiger partial charge is 0.238 e. The topological polar surface area (TPSA) is 30.2 Å². The Balaban J connectivity index is 1.73. The van der Waals surface area contributed by atoms with Gasteiger partial charge in [0.25, 0.3) is 0 Å². The van der Waals surface area contributed by atoms with Crippen LogP contribution in [0.2, 0.25) is 5.02 Å². The van der Waals surface area contributed by atoms with Crippen LogP contribution in [0, 0.1) is 0 Å². The van der Waals surface area contributed by atoms with Crippen molar-refractivity contribution in [2.75, 3.05) is 0 Å². The van der Waals surface area contributed by atoms with Crippen molar-refractivity contribution in [1.82, 2.24) is 0 Å². The quantitative estimate of drug-likeness (QED) is 0.604. The minimum atomic E-state index is -0.0262. The summed E-state index contributed by atoms with van der Waals surface area (Å²) in [5.41, 5.74) is 2.04. The Morgan fingerprint density at radius 1 is 1.14 bits per heavy atom. The third kappa shape index (κ3) is 2.30. The normalized spacial score (nSPS) is 14.3. The lowest BCUT2D eigenvalue weighted by Crippen LogP contribution is -1.97. The standard InChI is InChI=1S/C17H13ClO2S/c18-12-5-6-13-11(7-12)8-14(20-13)17(19)16-9-10-3-1-2-4-15(10)21-16/h5-9H,1-4H2. The van der Waals surface area contributed by atoms with Crippen LogP contribution in [0.5, 0.6) is 0 Å². The highest BCUT2D eigenvalue weighted by Gasteiger charge is 2.20. The zero-order valence-electron chi connectivity index (χ0n) is 11.3. The van der Waals surface area contributed by atoms with Crippen LogP contribution in [-0.2, 0) is 12.8 Å². The van der Waals surface area contributed by atoms with Gasteiger partial charge >= 0.3 is 0 Å². The summed E-state index contributed by atoms with van der Waals surface area (Å²) < 4.78 is 5.67. The number of aryl methyl sites for hydroxylation is 2. The molecule has 21 heavy (non-hydrogen) atoms. The second kappa shape index (κ2) is 5.00. The predicted octanol–water partition coefficient (Wildman–Crippen LogP) is 5.26. The fourth-order valence-corrected chi connectivity index (χ4v) is 4.23. The van der Waals surface area contributed by atoms with E-state index in [-0.39, 0.29) is 5.78 Å². The number of hydrogen-bond acceptors (Lipinski definition) is 3. The summed E-state index contributed by atoms with van der Waals surface area (Å²) in [5.74, 6) is 0.368. The Kier molecular flexibility index (Phi) is 3.12. The van der Waals surface area contributed by atoms with E-state index in [2.05, 4.69) is 0 Å². The largest absolute Gasteiger partial charge is 0.453 e. The van der Waals surface area contributed by atoms with Crippen molar-refractivity contribution in [2.24, 2.45) is 0 Å². The van der Waals surface area contributed by atoms with Gasteiger partial charge in [-0.1, -0.05) is 11.6 Å². The zero-order chi connectivity index (χ0) is 14.4. The van der Waals surface area contributed by atoms with E-state index in [0.717, 1.165) is 23.1 Å². The molecule has 0 N–H and O–H groups in total. The molecule has 2 heterocycles. The first-order valence-electron chi connectivity index (χ1n) is 7.06. The molecule has 0 bridgehead atoms. The maximum atomic E-state index is 12.6. The van der Waals surface area contributed by atoms with E-state index in [1.165, 1.54) is 23.3 Å². The average Bonchev–Trinajstić information content (AvgIpc) is 3.09. The number of hydrogen-bond donors (Lipinski definition) is 0. The van der Waals surface area contributed by atoms with E-state index >= 15 is 0 Å². The number of carbonyl (C=O) groups excluding carboxylic acids is 1. The number of ketones is 1. The van der Waals surface area contributed by atoms with Crippen LogP contribution in [0.25, 0.3) is 11.0 Å². The lowest BCUT2D eigenvalue weighted by Gasteiger charge is -2.08. The molecule has 0 fully saturated rings. The molecule has 0 atom stereocenters. The fraction of sp³-hybridized carbons (Fsp3) is 0.235. The average molecular weight is 317 g/mol. The van der Waals surface area contributed by atoms with E-state index in [0.29, 0.717) is 16.4 Å². The summed E-state index contributed by atoms with van der Waals surface area (Å²) in [6.45, 7) is 0. The van der Waals surface area contributed by atoms with Crippen LogP contribution in [0.15, 0.2) is 34.7 Å². The molecule has 0 amide bonds. The number of halogens is 1. The summed E-state index contributed by atoms with van der Waals surface area (Å²) >= 11 is 7.58. The van der Waals surface area contributed by atoms with Gasteiger partial charge in [-0.05, 0) is 61.6 Å². The van der Waals surface area contributed by atoms with Crippen LogP contribution < -0.4 is 0 Å². The van der Waals surface area contributed by atoms with Crippen molar-refractivity contribution in [1.29, 1.82) is 0 Å². The first-order chi connectivity index (χ1) is 10.2. The van der Waals surface area contributed by atoms with E-state index in [1.54, 1.807) is 29.5 Å². The molecular weight excluding hydrogens is 304 g/mol. The number of benzene rings is 1. The van der Waals surface area contributed by atoms with E-state index < -0.39 is 0 Å². The van der Waals surface area contributed by atoms with Crippen LogP contribution in [0.4, 0.5) is 0 Å².